The van der Waals surface area contributed by atoms with E-state index < -0.39 is 10.0 Å². The van der Waals surface area contributed by atoms with Gasteiger partial charge in [0.25, 0.3) is 0 Å². The van der Waals surface area contributed by atoms with Gasteiger partial charge in [0.05, 0.1) is 11.4 Å². The molecule has 6 nitrogen and oxygen atoms in total. The zero-order valence-electron chi connectivity index (χ0n) is 10.0. The van der Waals surface area contributed by atoms with Crippen molar-refractivity contribution < 1.29 is 8.42 Å². The minimum Gasteiger partial charge on any atom is -0.318 e. The van der Waals surface area contributed by atoms with Gasteiger partial charge in [0, 0.05) is 20.1 Å². The largest absolute Gasteiger partial charge is 0.318 e. The van der Waals surface area contributed by atoms with Crippen LogP contribution < -0.4 is 5.32 Å². The molecule has 1 heterocycles. The van der Waals surface area contributed by atoms with Crippen molar-refractivity contribution in [2.45, 2.75) is 18.7 Å². The predicted octanol–water partition coefficient (Wildman–Crippen LogP) is -0.134. The molecular formula is C9H18N4O2S. The molecule has 92 valence electrons. The van der Waals surface area contributed by atoms with Gasteiger partial charge in [-0.1, -0.05) is 0 Å². The number of rotatable bonds is 5. The van der Waals surface area contributed by atoms with E-state index >= 15 is 0 Å². The summed E-state index contributed by atoms with van der Waals surface area (Å²) in [6.45, 7) is 4.44. The van der Waals surface area contributed by atoms with Crippen molar-refractivity contribution in [2.24, 2.45) is 0 Å². The Kier molecular flexibility index (Phi) is 4.06. The number of likely N-dealkylation sites (N-methyl/N-ethyl adjacent to an activating group) is 2. The molecule has 0 saturated heterocycles. The lowest BCUT2D eigenvalue weighted by Crippen LogP contribution is -2.33. The van der Waals surface area contributed by atoms with Crippen LogP contribution in [0.15, 0.2) is 4.90 Å². The molecule has 0 fully saturated rings. The van der Waals surface area contributed by atoms with Crippen molar-refractivity contribution >= 4 is 10.0 Å². The van der Waals surface area contributed by atoms with Gasteiger partial charge in [0.15, 0.2) is 0 Å². The Morgan fingerprint density at radius 3 is 2.50 bits per heavy atom. The molecule has 0 aliphatic carbocycles. The van der Waals surface area contributed by atoms with Gasteiger partial charge in [-0.05, 0) is 20.9 Å². The SMILES string of the molecule is CNCCN(C)S(=O)(=O)c1c(C)n[nH]c1C. The van der Waals surface area contributed by atoms with Crippen molar-refractivity contribution in [3.05, 3.63) is 11.4 Å². The van der Waals surface area contributed by atoms with Crippen LogP contribution in [0.1, 0.15) is 11.4 Å². The van der Waals surface area contributed by atoms with E-state index in [1.54, 1.807) is 27.9 Å². The molecule has 0 unspecified atom stereocenters. The molecule has 7 heteroatoms. The summed E-state index contributed by atoms with van der Waals surface area (Å²) in [5, 5.41) is 9.50. The van der Waals surface area contributed by atoms with Crippen LogP contribution >= 0.6 is 0 Å². The zero-order chi connectivity index (χ0) is 12.3. The van der Waals surface area contributed by atoms with E-state index in [-0.39, 0.29) is 4.90 Å². The van der Waals surface area contributed by atoms with Crippen LogP contribution in [0.25, 0.3) is 0 Å². The zero-order valence-corrected chi connectivity index (χ0v) is 10.8. The summed E-state index contributed by atoms with van der Waals surface area (Å²) < 4.78 is 25.7. The number of hydrogen-bond acceptors (Lipinski definition) is 4. The van der Waals surface area contributed by atoms with E-state index in [4.69, 9.17) is 0 Å². The van der Waals surface area contributed by atoms with Crippen LogP contribution in [0, 0.1) is 13.8 Å². The van der Waals surface area contributed by atoms with Gasteiger partial charge in [0.2, 0.25) is 10.0 Å². The topological polar surface area (TPSA) is 78.1 Å². The minimum atomic E-state index is -3.43. The Hall–Kier alpha value is -0.920. The number of aromatic amines is 1. The maximum atomic E-state index is 12.2. The van der Waals surface area contributed by atoms with Crippen LogP contribution in [0.3, 0.4) is 0 Å². The van der Waals surface area contributed by atoms with Crippen LogP contribution in [0.4, 0.5) is 0 Å². The fourth-order valence-corrected chi connectivity index (χ4v) is 2.96. The smallest absolute Gasteiger partial charge is 0.246 e. The van der Waals surface area contributed by atoms with E-state index in [1.807, 2.05) is 0 Å². The molecule has 0 aromatic carbocycles. The van der Waals surface area contributed by atoms with E-state index in [1.165, 1.54) is 4.31 Å². The normalized spacial score (nSPS) is 12.3. The third-order valence-corrected chi connectivity index (χ3v) is 4.53. The molecule has 0 bridgehead atoms. The summed E-state index contributed by atoms with van der Waals surface area (Å²) in [7, 11) is -0.0751. The molecule has 1 aromatic rings. The Morgan fingerprint density at radius 1 is 1.44 bits per heavy atom. The first-order valence-electron chi connectivity index (χ1n) is 5.03. The van der Waals surface area contributed by atoms with Crippen LogP contribution in [-0.2, 0) is 10.0 Å². The highest BCUT2D eigenvalue weighted by molar-refractivity contribution is 7.89. The lowest BCUT2D eigenvalue weighted by atomic mass is 10.4. The summed E-state index contributed by atoms with van der Waals surface area (Å²) >= 11 is 0. The molecule has 16 heavy (non-hydrogen) atoms. The lowest BCUT2D eigenvalue weighted by Gasteiger charge is -2.16. The monoisotopic (exact) mass is 246 g/mol. The number of aryl methyl sites for hydroxylation is 2. The molecule has 0 atom stereocenters. The van der Waals surface area contributed by atoms with Crippen molar-refractivity contribution in [2.75, 3.05) is 27.2 Å². The summed E-state index contributed by atoms with van der Waals surface area (Å²) in [6, 6.07) is 0. The van der Waals surface area contributed by atoms with Crippen LogP contribution in [0.5, 0.6) is 0 Å². The quantitative estimate of drug-likeness (QED) is 0.758. The summed E-state index contributed by atoms with van der Waals surface area (Å²) in [5.74, 6) is 0. The number of nitrogens with one attached hydrogen (secondary N) is 2. The minimum absolute atomic E-state index is 0.283. The maximum absolute atomic E-state index is 12.2. The number of nitrogens with zero attached hydrogens (tertiary/aromatic N) is 2. The van der Waals surface area contributed by atoms with Crippen molar-refractivity contribution in [3.8, 4) is 0 Å². The highest BCUT2D eigenvalue weighted by Gasteiger charge is 2.26. The molecule has 0 saturated carbocycles. The van der Waals surface area contributed by atoms with Crippen molar-refractivity contribution in [3.63, 3.8) is 0 Å². The molecule has 0 radical (unpaired) electrons. The summed E-state index contributed by atoms with van der Waals surface area (Å²) in [5.41, 5.74) is 1.09. The lowest BCUT2D eigenvalue weighted by molar-refractivity contribution is 0.465. The predicted molar refractivity (Wildman–Crippen MR) is 61.8 cm³/mol. The average molecular weight is 246 g/mol. The second-order valence-corrected chi connectivity index (χ2v) is 5.67. The first kappa shape index (κ1) is 13.1. The van der Waals surface area contributed by atoms with Gasteiger partial charge < -0.3 is 5.32 Å². The first-order valence-corrected chi connectivity index (χ1v) is 6.47. The molecule has 1 rings (SSSR count). The fraction of sp³-hybridized carbons (Fsp3) is 0.667. The molecule has 0 aliphatic heterocycles. The average Bonchev–Trinajstić information content (AvgIpc) is 2.55. The maximum Gasteiger partial charge on any atom is 0.246 e. The van der Waals surface area contributed by atoms with Gasteiger partial charge >= 0.3 is 0 Å². The van der Waals surface area contributed by atoms with E-state index in [0.717, 1.165) is 0 Å². The van der Waals surface area contributed by atoms with Gasteiger partial charge in [-0.25, -0.2) is 8.42 Å². The van der Waals surface area contributed by atoms with Crippen LogP contribution in [0.2, 0.25) is 0 Å². The number of H-pyrrole nitrogens is 1. The Balaban J connectivity index is 3.02. The molecule has 0 amide bonds. The molecule has 0 spiro atoms. The highest BCUT2D eigenvalue weighted by atomic mass is 32.2. The second kappa shape index (κ2) is 4.94. The third kappa shape index (κ3) is 2.42. The Bertz CT molecular complexity index is 433. The Labute approximate surface area is 96.1 Å². The molecule has 0 aliphatic rings. The van der Waals surface area contributed by atoms with Gasteiger partial charge in [-0.2, -0.15) is 9.40 Å². The standard InChI is InChI=1S/C9H18N4O2S/c1-7-9(8(2)12-11-7)16(14,15)13(4)6-5-10-3/h10H,5-6H2,1-4H3,(H,11,12). The van der Waals surface area contributed by atoms with E-state index in [2.05, 4.69) is 15.5 Å². The number of sulfonamides is 1. The number of hydrogen-bond donors (Lipinski definition) is 2. The molecule has 1 aromatic heterocycles. The van der Waals surface area contributed by atoms with Crippen molar-refractivity contribution in [1.29, 1.82) is 0 Å². The van der Waals surface area contributed by atoms with E-state index in [9.17, 15) is 8.42 Å². The van der Waals surface area contributed by atoms with E-state index in [0.29, 0.717) is 24.5 Å². The first-order chi connectivity index (χ1) is 7.41. The molecular weight excluding hydrogens is 228 g/mol. The fourth-order valence-electron chi connectivity index (χ4n) is 1.47. The Morgan fingerprint density at radius 2 is 2.06 bits per heavy atom. The summed E-state index contributed by atoms with van der Waals surface area (Å²) in [4.78, 5) is 0.283. The highest BCUT2D eigenvalue weighted by Crippen LogP contribution is 2.19. The third-order valence-electron chi connectivity index (χ3n) is 2.41. The molecule has 2 N–H and O–H groups in total. The van der Waals surface area contributed by atoms with Crippen molar-refractivity contribution in [1.82, 2.24) is 19.8 Å². The van der Waals surface area contributed by atoms with Crippen LogP contribution in [-0.4, -0.2) is 50.1 Å². The second-order valence-electron chi connectivity index (χ2n) is 3.69. The summed E-state index contributed by atoms with van der Waals surface area (Å²) in [6.07, 6.45) is 0. The van der Waals surface area contributed by atoms with Gasteiger partial charge in [-0.3, -0.25) is 5.10 Å². The number of aromatic nitrogens is 2. The van der Waals surface area contributed by atoms with Gasteiger partial charge in [0.1, 0.15) is 4.90 Å². The van der Waals surface area contributed by atoms with Gasteiger partial charge in [-0.15, -0.1) is 0 Å².